The molecule has 3 amide bonds. The molecule has 0 radical (unpaired) electrons. The van der Waals surface area contributed by atoms with Crippen LogP contribution in [0.15, 0.2) is 36.4 Å². The van der Waals surface area contributed by atoms with Gasteiger partial charge in [0.25, 0.3) is 0 Å². The van der Waals surface area contributed by atoms with Gasteiger partial charge in [0.05, 0.1) is 16.1 Å². The Morgan fingerprint density at radius 1 is 1.09 bits per heavy atom. The van der Waals surface area contributed by atoms with Crippen molar-refractivity contribution in [2.75, 3.05) is 18.9 Å². The molecule has 0 unspecified atom stereocenters. The van der Waals surface area contributed by atoms with E-state index < -0.39 is 50.1 Å². The minimum absolute atomic E-state index is 0.0656. The number of nitrogens with one attached hydrogen (secondary N) is 2. The van der Waals surface area contributed by atoms with Crippen LogP contribution in [0.2, 0.25) is 0 Å². The molecule has 5 atom stereocenters. The van der Waals surface area contributed by atoms with Crippen LogP contribution in [0.25, 0.3) is 0 Å². The van der Waals surface area contributed by atoms with Gasteiger partial charge < -0.3 is 9.64 Å². The van der Waals surface area contributed by atoms with E-state index in [2.05, 4.69) is 10.0 Å². The third-order valence-corrected chi connectivity index (χ3v) is 12.2. The fraction of sp³-hybridized carbons (Fsp3) is 0.606. The van der Waals surface area contributed by atoms with Crippen molar-refractivity contribution in [3.8, 4) is 0 Å². The van der Waals surface area contributed by atoms with Crippen molar-refractivity contribution < 1.29 is 37.1 Å². The predicted octanol–water partition coefficient (Wildman–Crippen LogP) is 4.39. The van der Waals surface area contributed by atoms with E-state index in [1.165, 1.54) is 0 Å². The molecule has 3 fully saturated rings. The lowest BCUT2D eigenvalue weighted by molar-refractivity contribution is -0.140. The lowest BCUT2D eigenvalue weighted by Gasteiger charge is -2.26. The fourth-order valence-electron chi connectivity index (χ4n) is 6.62. The minimum Gasteiger partial charge on any atom is -0.446 e. The van der Waals surface area contributed by atoms with Crippen molar-refractivity contribution in [2.45, 2.75) is 88.9 Å². The number of amides is 3. The monoisotopic (exact) mass is 641 g/mol. The highest BCUT2D eigenvalue weighted by Gasteiger charge is 2.62. The molecule has 1 heterocycles. The van der Waals surface area contributed by atoms with Crippen LogP contribution in [-0.2, 0) is 29.1 Å². The zero-order valence-corrected chi connectivity index (χ0v) is 27.0. The Morgan fingerprint density at radius 2 is 1.82 bits per heavy atom. The van der Waals surface area contributed by atoms with E-state index in [4.69, 9.17) is 4.74 Å². The lowest BCUT2D eigenvalue weighted by atomic mass is 9.84. The summed E-state index contributed by atoms with van der Waals surface area (Å²) in [7, 11) is -2.19. The van der Waals surface area contributed by atoms with E-state index in [0.29, 0.717) is 43.5 Å². The topological polar surface area (TPSA) is 156 Å². The number of ketones is 2. The number of Topliss-reactive ketones (excluding diaryl/α,β-unsaturated/α-hetero) is 2. The molecule has 3 saturated carbocycles. The number of sulfonamides is 1. The second-order valence-electron chi connectivity index (χ2n) is 13.4. The van der Waals surface area contributed by atoms with Gasteiger partial charge in [0, 0.05) is 43.6 Å². The van der Waals surface area contributed by atoms with Crippen LogP contribution in [0.5, 0.6) is 0 Å². The fourth-order valence-corrected chi connectivity index (χ4v) is 7.95. The van der Waals surface area contributed by atoms with Crippen LogP contribution >= 0.6 is 0 Å². The van der Waals surface area contributed by atoms with E-state index in [1.54, 1.807) is 50.1 Å². The highest BCUT2D eigenvalue weighted by Crippen LogP contribution is 2.58. The Bertz CT molecular complexity index is 1520. The number of anilines is 1. The second kappa shape index (κ2) is 12.7. The van der Waals surface area contributed by atoms with Crippen molar-refractivity contribution in [3.05, 3.63) is 42.0 Å². The van der Waals surface area contributed by atoms with E-state index in [9.17, 15) is 32.4 Å². The Hall–Kier alpha value is -3.54. The molecule has 0 saturated heterocycles. The van der Waals surface area contributed by atoms with Crippen LogP contribution in [0, 0.1) is 23.2 Å². The van der Waals surface area contributed by atoms with Crippen LogP contribution < -0.4 is 10.0 Å². The molecule has 1 aromatic rings. The summed E-state index contributed by atoms with van der Waals surface area (Å²) in [4.78, 5) is 67.7. The Balaban J connectivity index is 1.33. The number of rotatable bonds is 7. The molecule has 1 aliphatic heterocycles. The van der Waals surface area contributed by atoms with Gasteiger partial charge in [0.1, 0.15) is 11.9 Å². The minimum atomic E-state index is -3.89. The molecule has 3 aliphatic carbocycles. The van der Waals surface area contributed by atoms with Crippen LogP contribution in [-0.4, -0.2) is 67.2 Å². The Morgan fingerprint density at radius 3 is 2.53 bits per heavy atom. The zero-order chi connectivity index (χ0) is 32.6. The van der Waals surface area contributed by atoms with E-state index in [1.807, 2.05) is 12.2 Å². The molecule has 1 aromatic carbocycles. The third-order valence-electron chi connectivity index (χ3n) is 10.0. The molecule has 45 heavy (non-hydrogen) atoms. The van der Waals surface area contributed by atoms with Crippen molar-refractivity contribution in [1.29, 1.82) is 0 Å². The predicted molar refractivity (Wildman–Crippen MR) is 167 cm³/mol. The number of carbonyl (C=O) groups is 5. The molecule has 0 aromatic heterocycles. The van der Waals surface area contributed by atoms with Crippen LogP contribution in [0.4, 0.5) is 10.5 Å². The maximum atomic E-state index is 14.0. The number of carbonyl (C=O) groups excluding carboxylic acids is 5. The SMILES string of the molecule is CCC(=O)c1cccc(NC(=O)O[C@@H]2C[C@H]3C(=O)C[C@]4(C(=O)NS(=O)(=O)C5(C)CC5)C[C@H]4/C=C\CCCCN(C)C(=O)[C@@H]3C2)c1. The van der Waals surface area contributed by atoms with Crippen molar-refractivity contribution in [1.82, 2.24) is 9.62 Å². The number of hydrogen-bond acceptors (Lipinski definition) is 8. The third kappa shape index (κ3) is 7.00. The molecular weight excluding hydrogens is 598 g/mol. The number of fused-ring (bicyclic) bond motifs is 2. The zero-order valence-electron chi connectivity index (χ0n) is 26.2. The van der Waals surface area contributed by atoms with Crippen LogP contribution in [0.1, 0.15) is 88.4 Å². The summed E-state index contributed by atoms with van der Waals surface area (Å²) >= 11 is 0. The molecule has 0 bridgehead atoms. The molecule has 0 spiro atoms. The lowest BCUT2D eigenvalue weighted by Crippen LogP contribution is -2.44. The molecule has 12 heteroatoms. The van der Waals surface area contributed by atoms with Crippen molar-refractivity contribution in [2.24, 2.45) is 23.2 Å². The first-order chi connectivity index (χ1) is 21.3. The van der Waals surface area contributed by atoms with E-state index in [-0.39, 0.29) is 42.7 Å². The molecule has 2 N–H and O–H groups in total. The maximum Gasteiger partial charge on any atom is 0.411 e. The van der Waals surface area contributed by atoms with Crippen molar-refractivity contribution >= 4 is 45.2 Å². The number of ether oxygens (including phenoxy) is 1. The average Bonchev–Trinajstić information content (AvgIpc) is 3.88. The first-order valence-electron chi connectivity index (χ1n) is 15.9. The smallest absolute Gasteiger partial charge is 0.411 e. The highest BCUT2D eigenvalue weighted by atomic mass is 32.2. The Kier molecular flexibility index (Phi) is 9.26. The number of allylic oxidation sites excluding steroid dienone is 2. The maximum absolute atomic E-state index is 14.0. The standard InChI is InChI=1S/C33H43N3O8S/c1-4-27(37)21-10-9-12-23(16-21)34-31(41)44-24-17-25-26(18-24)29(39)36(3)15-8-6-5-7-11-22-19-33(22,20-28(25)38)30(40)35-45(42,43)32(2)13-14-32/h7,9-12,16,22,24-26H,4-6,8,13-15,17-20H2,1-3H3,(H,34,41)(H,35,40)/b11-7-/t22-,24-,25-,26-,33-/m1/s1. The van der Waals surface area contributed by atoms with Gasteiger partial charge in [-0.05, 0) is 76.3 Å². The number of benzene rings is 1. The van der Waals surface area contributed by atoms with Gasteiger partial charge in [0.15, 0.2) is 5.78 Å². The van der Waals surface area contributed by atoms with E-state index >= 15 is 0 Å². The summed E-state index contributed by atoms with van der Waals surface area (Å²) in [5, 5.41) is 2.64. The number of nitrogens with zero attached hydrogens (tertiary/aromatic N) is 1. The van der Waals surface area contributed by atoms with Gasteiger partial charge in [-0.3, -0.25) is 29.2 Å². The molecular formula is C33H43N3O8S. The van der Waals surface area contributed by atoms with Gasteiger partial charge in [-0.25, -0.2) is 13.2 Å². The van der Waals surface area contributed by atoms with Gasteiger partial charge in [0.2, 0.25) is 21.8 Å². The summed E-state index contributed by atoms with van der Waals surface area (Å²) in [5.74, 6) is -3.07. The largest absolute Gasteiger partial charge is 0.446 e. The second-order valence-corrected chi connectivity index (χ2v) is 15.6. The quantitative estimate of drug-likeness (QED) is 0.328. The van der Waals surface area contributed by atoms with E-state index in [0.717, 1.165) is 19.3 Å². The molecule has 4 aliphatic rings. The summed E-state index contributed by atoms with van der Waals surface area (Å²) in [6, 6.07) is 6.53. The van der Waals surface area contributed by atoms with Crippen molar-refractivity contribution in [3.63, 3.8) is 0 Å². The first-order valence-corrected chi connectivity index (χ1v) is 17.4. The van der Waals surface area contributed by atoms with Gasteiger partial charge in [-0.15, -0.1) is 0 Å². The Labute approximate surface area is 264 Å². The molecule has 5 rings (SSSR count). The highest BCUT2D eigenvalue weighted by molar-refractivity contribution is 7.91. The first kappa shape index (κ1) is 32.8. The normalized spacial score (nSPS) is 30.2. The summed E-state index contributed by atoms with van der Waals surface area (Å²) in [5.41, 5.74) is -0.351. The van der Waals surface area contributed by atoms with Gasteiger partial charge in [-0.2, -0.15) is 0 Å². The molecule has 244 valence electrons. The van der Waals surface area contributed by atoms with Gasteiger partial charge >= 0.3 is 6.09 Å². The summed E-state index contributed by atoms with van der Waals surface area (Å²) < 4.78 is 32.8. The summed E-state index contributed by atoms with van der Waals surface area (Å²) in [6.07, 6.45) is 6.41. The molecule has 11 nitrogen and oxygen atoms in total. The number of hydrogen-bond donors (Lipinski definition) is 2. The average molecular weight is 642 g/mol. The van der Waals surface area contributed by atoms with Crippen LogP contribution in [0.3, 0.4) is 0 Å². The summed E-state index contributed by atoms with van der Waals surface area (Å²) in [6.45, 7) is 3.88. The van der Waals surface area contributed by atoms with Gasteiger partial charge in [-0.1, -0.05) is 31.2 Å².